The minimum absolute atomic E-state index is 0.508. The van der Waals surface area contributed by atoms with Gasteiger partial charge in [0.15, 0.2) is 0 Å². The highest BCUT2D eigenvalue weighted by molar-refractivity contribution is 7.09. The van der Waals surface area contributed by atoms with Crippen LogP contribution in [-0.2, 0) is 13.1 Å². The molecule has 3 rings (SSSR count). The summed E-state index contributed by atoms with van der Waals surface area (Å²) in [4.78, 5) is 6.72. The Hall–Kier alpha value is -1.23. The van der Waals surface area contributed by atoms with E-state index < -0.39 is 5.60 Å². The summed E-state index contributed by atoms with van der Waals surface area (Å²) >= 11 is 1.68. The number of aromatic nitrogens is 1. The van der Waals surface area contributed by atoms with Crippen molar-refractivity contribution in [3.63, 3.8) is 0 Å². The molecule has 0 bridgehead atoms. The van der Waals surface area contributed by atoms with Crippen molar-refractivity contribution >= 4 is 11.3 Å². The average Bonchev–Trinajstić information content (AvgIpc) is 3.12. The van der Waals surface area contributed by atoms with E-state index in [0.29, 0.717) is 0 Å². The molecule has 0 radical (unpaired) electrons. The van der Waals surface area contributed by atoms with Crippen molar-refractivity contribution in [2.24, 2.45) is 0 Å². The van der Waals surface area contributed by atoms with Crippen LogP contribution in [0.2, 0.25) is 0 Å². The Labute approximate surface area is 130 Å². The van der Waals surface area contributed by atoms with Crippen molar-refractivity contribution < 1.29 is 5.11 Å². The predicted molar refractivity (Wildman–Crippen MR) is 86.1 cm³/mol. The van der Waals surface area contributed by atoms with Crippen molar-refractivity contribution in [1.29, 1.82) is 0 Å². The predicted octanol–water partition coefficient (Wildman–Crippen LogP) is 3.45. The van der Waals surface area contributed by atoms with Gasteiger partial charge in [-0.05, 0) is 18.4 Å². The Morgan fingerprint density at radius 3 is 2.57 bits per heavy atom. The number of rotatable bonds is 6. The Morgan fingerprint density at radius 1 is 1.14 bits per heavy atom. The lowest BCUT2D eigenvalue weighted by atomic mass is 10.0. The zero-order chi connectivity index (χ0) is 14.5. The number of benzene rings is 1. The summed E-state index contributed by atoms with van der Waals surface area (Å²) in [6.07, 6.45) is 6.00. The van der Waals surface area contributed by atoms with Gasteiger partial charge in [-0.15, -0.1) is 11.3 Å². The molecule has 21 heavy (non-hydrogen) atoms. The van der Waals surface area contributed by atoms with Crippen LogP contribution in [0.5, 0.6) is 0 Å². The van der Waals surface area contributed by atoms with Crippen molar-refractivity contribution in [1.82, 2.24) is 9.88 Å². The molecule has 2 aromatic rings. The lowest BCUT2D eigenvalue weighted by Crippen LogP contribution is -2.40. The molecule has 112 valence electrons. The quantitative estimate of drug-likeness (QED) is 0.888. The van der Waals surface area contributed by atoms with E-state index in [1.165, 1.54) is 5.56 Å². The summed E-state index contributed by atoms with van der Waals surface area (Å²) in [7, 11) is 0. The summed E-state index contributed by atoms with van der Waals surface area (Å²) in [6, 6.07) is 10.5. The third-order valence-corrected chi connectivity index (χ3v) is 4.91. The highest BCUT2D eigenvalue weighted by Crippen LogP contribution is 2.31. The van der Waals surface area contributed by atoms with E-state index >= 15 is 0 Å². The lowest BCUT2D eigenvalue weighted by molar-refractivity contribution is 0.00451. The Balaban J connectivity index is 1.70. The van der Waals surface area contributed by atoms with Crippen molar-refractivity contribution in [3.05, 3.63) is 52.5 Å². The minimum Gasteiger partial charge on any atom is -0.389 e. The molecule has 1 aromatic heterocycles. The largest absolute Gasteiger partial charge is 0.389 e. The molecule has 0 spiro atoms. The Kier molecular flexibility index (Phi) is 4.68. The zero-order valence-electron chi connectivity index (χ0n) is 12.2. The van der Waals surface area contributed by atoms with Gasteiger partial charge in [0.05, 0.1) is 12.1 Å². The number of hydrogen-bond acceptors (Lipinski definition) is 4. The first-order chi connectivity index (χ1) is 10.2. The average molecular weight is 302 g/mol. The van der Waals surface area contributed by atoms with Gasteiger partial charge in [-0.1, -0.05) is 43.2 Å². The van der Waals surface area contributed by atoms with E-state index in [-0.39, 0.29) is 0 Å². The summed E-state index contributed by atoms with van der Waals surface area (Å²) in [5, 5.41) is 13.8. The van der Waals surface area contributed by atoms with Gasteiger partial charge < -0.3 is 5.11 Å². The molecule has 4 heteroatoms. The van der Waals surface area contributed by atoms with Crippen LogP contribution in [0.3, 0.4) is 0 Å². The van der Waals surface area contributed by atoms with Crippen molar-refractivity contribution in [2.75, 3.05) is 6.54 Å². The number of nitrogens with zero attached hydrogens (tertiary/aromatic N) is 2. The van der Waals surface area contributed by atoms with Gasteiger partial charge in [-0.25, -0.2) is 4.98 Å². The molecular weight excluding hydrogens is 280 g/mol. The fourth-order valence-electron chi connectivity index (χ4n) is 3.14. The van der Waals surface area contributed by atoms with Crippen LogP contribution >= 0.6 is 11.3 Å². The van der Waals surface area contributed by atoms with Gasteiger partial charge in [0.2, 0.25) is 0 Å². The van der Waals surface area contributed by atoms with Crippen LogP contribution in [-0.4, -0.2) is 27.1 Å². The van der Waals surface area contributed by atoms with Gasteiger partial charge in [0, 0.05) is 24.7 Å². The van der Waals surface area contributed by atoms with Crippen LogP contribution in [0, 0.1) is 0 Å². The molecular formula is C17H22N2OS. The fraction of sp³-hybridized carbons (Fsp3) is 0.471. The van der Waals surface area contributed by atoms with E-state index in [2.05, 4.69) is 34.1 Å². The maximum atomic E-state index is 10.7. The molecule has 1 aliphatic rings. The van der Waals surface area contributed by atoms with E-state index in [1.807, 2.05) is 17.6 Å². The van der Waals surface area contributed by atoms with E-state index in [4.69, 9.17) is 0 Å². The molecule has 1 saturated carbocycles. The third-order valence-electron chi connectivity index (χ3n) is 4.14. The standard InChI is InChI=1S/C17H22N2OS/c20-17(8-4-5-9-17)14-19(13-16-18-10-11-21-16)12-15-6-2-1-3-7-15/h1-3,6-7,10-11,20H,4-5,8-9,12-14H2. The van der Waals surface area contributed by atoms with Gasteiger partial charge in [-0.3, -0.25) is 4.90 Å². The van der Waals surface area contributed by atoms with Crippen LogP contribution in [0.25, 0.3) is 0 Å². The molecule has 3 nitrogen and oxygen atoms in total. The molecule has 0 atom stereocenters. The first-order valence-corrected chi connectivity index (χ1v) is 8.49. The zero-order valence-corrected chi connectivity index (χ0v) is 13.1. The topological polar surface area (TPSA) is 36.4 Å². The summed E-state index contributed by atoms with van der Waals surface area (Å²) in [5.41, 5.74) is 0.780. The normalized spacial score (nSPS) is 17.4. The second-order valence-corrected chi connectivity index (χ2v) is 6.97. The van der Waals surface area contributed by atoms with Crippen LogP contribution in [0.1, 0.15) is 36.3 Å². The van der Waals surface area contributed by atoms with Crippen LogP contribution in [0.4, 0.5) is 0 Å². The molecule has 0 amide bonds. The fourth-order valence-corrected chi connectivity index (χ4v) is 3.80. The van der Waals surface area contributed by atoms with E-state index in [0.717, 1.165) is 50.3 Å². The summed E-state index contributed by atoms with van der Waals surface area (Å²) in [5.74, 6) is 0. The SMILES string of the molecule is OC1(CN(Cc2ccccc2)Cc2nccs2)CCCC1. The highest BCUT2D eigenvalue weighted by atomic mass is 32.1. The smallest absolute Gasteiger partial charge is 0.107 e. The van der Waals surface area contributed by atoms with Gasteiger partial charge in [0.25, 0.3) is 0 Å². The lowest BCUT2D eigenvalue weighted by Gasteiger charge is -2.31. The molecule has 1 aliphatic carbocycles. The number of aliphatic hydroxyl groups is 1. The van der Waals surface area contributed by atoms with Gasteiger partial charge >= 0.3 is 0 Å². The number of thiazole rings is 1. The summed E-state index contributed by atoms with van der Waals surface area (Å²) < 4.78 is 0. The maximum Gasteiger partial charge on any atom is 0.107 e. The Morgan fingerprint density at radius 2 is 1.90 bits per heavy atom. The van der Waals surface area contributed by atoms with E-state index in [9.17, 15) is 5.11 Å². The van der Waals surface area contributed by atoms with Crippen molar-refractivity contribution in [2.45, 2.75) is 44.4 Å². The van der Waals surface area contributed by atoms with E-state index in [1.54, 1.807) is 11.3 Å². The molecule has 1 aromatic carbocycles. The monoisotopic (exact) mass is 302 g/mol. The highest BCUT2D eigenvalue weighted by Gasteiger charge is 2.33. The molecule has 0 aliphatic heterocycles. The first kappa shape index (κ1) is 14.7. The van der Waals surface area contributed by atoms with Gasteiger partial charge in [0.1, 0.15) is 5.01 Å². The molecule has 0 unspecified atom stereocenters. The van der Waals surface area contributed by atoms with Crippen LogP contribution in [0.15, 0.2) is 41.9 Å². The third kappa shape index (κ3) is 4.13. The van der Waals surface area contributed by atoms with Crippen LogP contribution < -0.4 is 0 Å². The molecule has 1 N–H and O–H groups in total. The first-order valence-electron chi connectivity index (χ1n) is 7.61. The molecule has 1 fully saturated rings. The Bertz CT molecular complexity index is 535. The maximum absolute atomic E-state index is 10.7. The second kappa shape index (κ2) is 6.69. The summed E-state index contributed by atoms with van der Waals surface area (Å²) in [6.45, 7) is 2.42. The van der Waals surface area contributed by atoms with Crippen molar-refractivity contribution in [3.8, 4) is 0 Å². The molecule has 0 saturated heterocycles. The minimum atomic E-state index is -0.508. The number of hydrogen-bond donors (Lipinski definition) is 1. The second-order valence-electron chi connectivity index (χ2n) is 5.99. The molecule has 1 heterocycles. The van der Waals surface area contributed by atoms with Gasteiger partial charge in [-0.2, -0.15) is 0 Å².